The Bertz CT molecular complexity index is 1400. The van der Waals surface area contributed by atoms with Gasteiger partial charge >= 0.3 is 0 Å². The van der Waals surface area contributed by atoms with Crippen LogP contribution in [-0.2, 0) is 7.05 Å². The average molecular weight is 424 g/mol. The monoisotopic (exact) mass is 424 g/mol. The maximum atomic E-state index is 13.2. The number of hydrogen-bond donors (Lipinski definition) is 0. The predicted octanol–water partition coefficient (Wildman–Crippen LogP) is 2.54. The van der Waals surface area contributed by atoms with Gasteiger partial charge in [0.05, 0.1) is 11.6 Å². The minimum Gasteiger partial charge on any atom is -0.352 e. The number of amides is 1. The number of benzene rings is 2. The third-order valence-corrected chi connectivity index (χ3v) is 6.35. The summed E-state index contributed by atoms with van der Waals surface area (Å²) in [5.41, 5.74) is 4.48. The SMILES string of the molecule is Cn1ncc2c(N3CCN(C(=O)c4ccc5c(c4)C(=O)c4ccccc4-5)CC3)ncnc21. The predicted molar refractivity (Wildman–Crippen MR) is 120 cm³/mol. The second-order valence-electron chi connectivity index (χ2n) is 8.12. The topological polar surface area (TPSA) is 84.2 Å². The molecule has 0 N–H and O–H groups in total. The molecule has 0 saturated carbocycles. The Morgan fingerprint density at radius 3 is 2.47 bits per heavy atom. The first-order valence-corrected chi connectivity index (χ1v) is 10.6. The molecule has 1 fully saturated rings. The summed E-state index contributed by atoms with van der Waals surface area (Å²) in [4.78, 5) is 38.8. The van der Waals surface area contributed by atoms with Crippen LogP contribution in [0.3, 0.4) is 0 Å². The van der Waals surface area contributed by atoms with Gasteiger partial charge in [0.2, 0.25) is 0 Å². The van der Waals surface area contributed by atoms with Gasteiger partial charge in [0, 0.05) is 49.9 Å². The van der Waals surface area contributed by atoms with Crippen molar-refractivity contribution in [2.45, 2.75) is 0 Å². The molecular formula is C24H20N6O2. The van der Waals surface area contributed by atoms with Gasteiger partial charge in [-0.25, -0.2) is 9.97 Å². The van der Waals surface area contributed by atoms with Crippen LogP contribution in [0.1, 0.15) is 26.3 Å². The van der Waals surface area contributed by atoms with Gasteiger partial charge in [-0.1, -0.05) is 30.3 Å². The van der Waals surface area contributed by atoms with Gasteiger partial charge in [-0.15, -0.1) is 0 Å². The molecule has 2 aromatic heterocycles. The number of anilines is 1. The normalized spacial score (nSPS) is 15.2. The van der Waals surface area contributed by atoms with Gasteiger partial charge in [0.1, 0.15) is 12.1 Å². The first-order chi connectivity index (χ1) is 15.6. The molecule has 1 saturated heterocycles. The maximum Gasteiger partial charge on any atom is 0.253 e. The Labute approximate surface area is 184 Å². The first-order valence-electron chi connectivity index (χ1n) is 10.6. The van der Waals surface area contributed by atoms with E-state index in [9.17, 15) is 9.59 Å². The molecule has 0 atom stereocenters. The molecule has 32 heavy (non-hydrogen) atoms. The van der Waals surface area contributed by atoms with Gasteiger partial charge < -0.3 is 9.80 Å². The summed E-state index contributed by atoms with van der Waals surface area (Å²) in [6.07, 6.45) is 3.33. The Hall–Kier alpha value is -4.07. The zero-order chi connectivity index (χ0) is 21.8. The Balaban J connectivity index is 1.21. The molecular weight excluding hydrogens is 404 g/mol. The minimum atomic E-state index is -0.0505. The summed E-state index contributed by atoms with van der Waals surface area (Å²) >= 11 is 0. The van der Waals surface area contributed by atoms with Crippen molar-refractivity contribution in [2.75, 3.05) is 31.1 Å². The lowest BCUT2D eigenvalue weighted by Gasteiger charge is -2.35. The van der Waals surface area contributed by atoms with Crippen molar-refractivity contribution in [1.82, 2.24) is 24.6 Å². The minimum absolute atomic E-state index is 0.0145. The summed E-state index contributed by atoms with van der Waals surface area (Å²) < 4.78 is 1.73. The first kappa shape index (κ1) is 18.7. The second kappa shape index (κ2) is 6.98. The standard InChI is InChI=1S/C24H20N6O2/c1-28-22-20(13-27-28)23(26-14-25-22)29-8-10-30(11-9-29)24(32)15-6-7-17-16-4-2-3-5-18(16)21(31)19(17)12-15/h2-7,12-14H,8-11H2,1H3. The number of rotatable bonds is 2. The van der Waals surface area contributed by atoms with E-state index in [4.69, 9.17) is 0 Å². The summed E-state index contributed by atoms with van der Waals surface area (Å²) in [5, 5.41) is 5.19. The van der Waals surface area contributed by atoms with Crippen molar-refractivity contribution >= 4 is 28.5 Å². The van der Waals surface area contributed by atoms with Gasteiger partial charge in [-0.2, -0.15) is 5.10 Å². The molecule has 8 nitrogen and oxygen atoms in total. The third-order valence-electron chi connectivity index (χ3n) is 6.35. The van der Waals surface area contributed by atoms with Crippen molar-refractivity contribution in [1.29, 1.82) is 0 Å². The van der Waals surface area contributed by atoms with Crippen LogP contribution in [-0.4, -0.2) is 62.5 Å². The van der Waals surface area contributed by atoms with E-state index in [1.165, 1.54) is 0 Å². The van der Waals surface area contributed by atoms with Crippen LogP contribution in [0.2, 0.25) is 0 Å². The molecule has 1 aliphatic carbocycles. The highest BCUT2D eigenvalue weighted by Gasteiger charge is 2.29. The molecule has 2 aromatic carbocycles. The van der Waals surface area contributed by atoms with Gasteiger partial charge in [0.15, 0.2) is 11.4 Å². The fraction of sp³-hybridized carbons (Fsp3) is 0.208. The van der Waals surface area contributed by atoms with Gasteiger partial charge in [-0.05, 0) is 23.3 Å². The van der Waals surface area contributed by atoms with E-state index < -0.39 is 0 Å². The van der Waals surface area contributed by atoms with Crippen LogP contribution in [0.15, 0.2) is 55.0 Å². The summed E-state index contributed by atoms with van der Waals surface area (Å²) in [6, 6.07) is 13.0. The molecule has 158 valence electrons. The fourth-order valence-corrected chi connectivity index (χ4v) is 4.67. The number of aromatic nitrogens is 4. The molecule has 2 aliphatic rings. The Morgan fingerprint density at radius 1 is 0.906 bits per heavy atom. The van der Waals surface area contributed by atoms with Crippen LogP contribution in [0.25, 0.3) is 22.2 Å². The lowest BCUT2D eigenvalue weighted by atomic mass is 10.0. The van der Waals surface area contributed by atoms with E-state index in [-0.39, 0.29) is 11.7 Å². The van der Waals surface area contributed by atoms with E-state index in [0.717, 1.165) is 28.0 Å². The van der Waals surface area contributed by atoms with Crippen molar-refractivity contribution in [3.05, 3.63) is 71.7 Å². The highest BCUT2D eigenvalue weighted by Crippen LogP contribution is 2.37. The number of carbonyl (C=O) groups is 2. The van der Waals surface area contributed by atoms with Crippen LogP contribution in [0.4, 0.5) is 5.82 Å². The van der Waals surface area contributed by atoms with Gasteiger partial charge in [0.25, 0.3) is 5.91 Å². The summed E-state index contributed by atoms with van der Waals surface area (Å²) in [6.45, 7) is 2.50. The number of hydrogen-bond acceptors (Lipinski definition) is 6. The molecule has 1 aliphatic heterocycles. The van der Waals surface area contributed by atoms with Crippen molar-refractivity contribution < 1.29 is 9.59 Å². The van der Waals surface area contributed by atoms with E-state index >= 15 is 0 Å². The maximum absolute atomic E-state index is 13.2. The number of piperazine rings is 1. The molecule has 0 unspecified atom stereocenters. The molecule has 3 heterocycles. The zero-order valence-corrected chi connectivity index (χ0v) is 17.5. The van der Waals surface area contributed by atoms with Crippen LogP contribution in [0, 0.1) is 0 Å². The number of ketones is 1. The highest BCUT2D eigenvalue weighted by molar-refractivity contribution is 6.22. The number of nitrogens with zero attached hydrogens (tertiary/aromatic N) is 6. The number of carbonyl (C=O) groups excluding carboxylic acids is 2. The zero-order valence-electron chi connectivity index (χ0n) is 17.5. The van der Waals surface area contributed by atoms with E-state index in [1.54, 1.807) is 23.3 Å². The van der Waals surface area contributed by atoms with Crippen molar-refractivity contribution in [2.24, 2.45) is 7.05 Å². The van der Waals surface area contributed by atoms with Gasteiger partial charge in [-0.3, -0.25) is 14.3 Å². The van der Waals surface area contributed by atoms with Crippen LogP contribution < -0.4 is 4.90 Å². The fourth-order valence-electron chi connectivity index (χ4n) is 4.67. The molecule has 1 amide bonds. The third kappa shape index (κ3) is 2.72. The molecule has 8 heteroatoms. The average Bonchev–Trinajstić information content (AvgIpc) is 3.36. The summed E-state index contributed by atoms with van der Waals surface area (Å²) in [5.74, 6) is 0.779. The molecule has 6 rings (SSSR count). The molecule has 0 bridgehead atoms. The lowest BCUT2D eigenvalue weighted by Crippen LogP contribution is -2.49. The van der Waals surface area contributed by atoms with E-state index in [0.29, 0.717) is 42.9 Å². The smallest absolute Gasteiger partial charge is 0.253 e. The van der Waals surface area contributed by atoms with E-state index in [1.807, 2.05) is 48.3 Å². The lowest BCUT2D eigenvalue weighted by molar-refractivity contribution is 0.0746. The Kier molecular flexibility index (Phi) is 4.07. The summed E-state index contributed by atoms with van der Waals surface area (Å²) in [7, 11) is 1.86. The number of aryl methyl sites for hydroxylation is 1. The number of fused-ring (bicyclic) bond motifs is 4. The van der Waals surface area contributed by atoms with Crippen molar-refractivity contribution in [3.8, 4) is 11.1 Å². The molecule has 4 aromatic rings. The molecule has 0 radical (unpaired) electrons. The van der Waals surface area contributed by atoms with Crippen LogP contribution >= 0.6 is 0 Å². The Morgan fingerprint density at radius 2 is 1.66 bits per heavy atom. The van der Waals surface area contributed by atoms with Crippen LogP contribution in [0.5, 0.6) is 0 Å². The highest BCUT2D eigenvalue weighted by atomic mass is 16.2. The quantitative estimate of drug-likeness (QED) is 0.433. The van der Waals surface area contributed by atoms with Crippen molar-refractivity contribution in [3.63, 3.8) is 0 Å². The molecule has 0 spiro atoms. The second-order valence-corrected chi connectivity index (χ2v) is 8.12. The largest absolute Gasteiger partial charge is 0.352 e. The van der Waals surface area contributed by atoms with E-state index in [2.05, 4.69) is 20.0 Å².